The zero-order valence-corrected chi connectivity index (χ0v) is 10.1. The third kappa shape index (κ3) is 3.02. The fourth-order valence-corrected chi connectivity index (χ4v) is 2.18. The molecule has 2 N–H and O–H groups in total. The van der Waals surface area contributed by atoms with Crippen LogP contribution >= 0.6 is 0 Å². The Morgan fingerprint density at radius 3 is 2.81 bits per heavy atom. The number of H-pyrrole nitrogens is 1. The molecule has 1 fully saturated rings. The molecule has 0 unspecified atom stereocenters. The van der Waals surface area contributed by atoms with E-state index >= 15 is 0 Å². The molecule has 1 aromatic heterocycles. The van der Waals surface area contributed by atoms with Gasteiger partial charge in [0.2, 0.25) is 0 Å². The maximum Gasteiger partial charge on any atom is 0.138 e. The molecule has 1 aliphatic heterocycles. The number of rotatable bonds is 4. The summed E-state index contributed by atoms with van der Waals surface area (Å²) in [6.45, 7) is 7.73. The summed E-state index contributed by atoms with van der Waals surface area (Å²) >= 11 is 0. The van der Waals surface area contributed by atoms with Gasteiger partial charge in [-0.25, -0.2) is 4.98 Å². The van der Waals surface area contributed by atoms with Gasteiger partial charge in [0.05, 0.1) is 6.54 Å². The van der Waals surface area contributed by atoms with Gasteiger partial charge in [0.25, 0.3) is 0 Å². The first-order valence-electron chi connectivity index (χ1n) is 6.07. The van der Waals surface area contributed by atoms with Crippen molar-refractivity contribution in [3.05, 3.63) is 12.2 Å². The van der Waals surface area contributed by atoms with Gasteiger partial charge in [-0.2, -0.15) is 5.10 Å². The van der Waals surface area contributed by atoms with Crippen molar-refractivity contribution in [1.29, 1.82) is 0 Å². The van der Waals surface area contributed by atoms with Crippen LogP contribution < -0.4 is 5.32 Å². The molecular weight excluding hydrogens is 202 g/mol. The average Bonchev–Trinajstić information content (AvgIpc) is 2.80. The molecule has 5 heteroatoms. The Morgan fingerprint density at radius 1 is 1.50 bits per heavy atom. The van der Waals surface area contributed by atoms with Crippen LogP contribution in [0.5, 0.6) is 0 Å². The molecule has 2 heterocycles. The second kappa shape index (κ2) is 5.41. The molecule has 1 aromatic rings. The molecule has 0 aliphatic carbocycles. The van der Waals surface area contributed by atoms with Crippen LogP contribution in [0.15, 0.2) is 6.33 Å². The monoisotopic (exact) mass is 223 g/mol. The van der Waals surface area contributed by atoms with Crippen LogP contribution in [0.1, 0.15) is 32.5 Å². The number of likely N-dealkylation sites (tertiary alicyclic amines) is 1. The van der Waals surface area contributed by atoms with E-state index in [0.29, 0.717) is 12.1 Å². The van der Waals surface area contributed by atoms with Crippen molar-refractivity contribution >= 4 is 0 Å². The normalized spacial score (nSPS) is 19.4. The summed E-state index contributed by atoms with van der Waals surface area (Å²) in [6.07, 6.45) is 4.01. The number of piperidine rings is 1. The zero-order chi connectivity index (χ0) is 11.4. The van der Waals surface area contributed by atoms with Crippen LogP contribution in [0, 0.1) is 0 Å². The van der Waals surface area contributed by atoms with Gasteiger partial charge in [-0.05, 0) is 39.8 Å². The summed E-state index contributed by atoms with van der Waals surface area (Å²) in [7, 11) is 0. The predicted octanol–water partition coefficient (Wildman–Crippen LogP) is 0.767. The average molecular weight is 223 g/mol. The lowest BCUT2D eigenvalue weighted by molar-refractivity contribution is 0.160. The van der Waals surface area contributed by atoms with Crippen LogP contribution in [0.25, 0.3) is 0 Å². The fraction of sp³-hybridized carbons (Fsp3) is 0.818. The van der Waals surface area contributed by atoms with E-state index in [-0.39, 0.29) is 0 Å². The Kier molecular flexibility index (Phi) is 3.90. The lowest BCUT2D eigenvalue weighted by atomic mass is 10.0. The van der Waals surface area contributed by atoms with E-state index in [1.165, 1.54) is 25.9 Å². The topological polar surface area (TPSA) is 56.8 Å². The van der Waals surface area contributed by atoms with E-state index in [0.717, 1.165) is 12.4 Å². The number of nitrogens with zero attached hydrogens (tertiary/aromatic N) is 3. The number of aromatic amines is 1. The van der Waals surface area contributed by atoms with Crippen LogP contribution in [0.2, 0.25) is 0 Å². The van der Waals surface area contributed by atoms with E-state index in [1.807, 2.05) is 0 Å². The Morgan fingerprint density at radius 2 is 2.25 bits per heavy atom. The standard InChI is InChI=1S/C11H21N5/c1-9(2)16-5-3-10(4-6-16)12-7-11-13-8-14-15-11/h8-10,12H,3-7H2,1-2H3,(H,13,14,15). The highest BCUT2D eigenvalue weighted by Crippen LogP contribution is 2.12. The van der Waals surface area contributed by atoms with Crippen molar-refractivity contribution in [3.63, 3.8) is 0 Å². The molecule has 1 saturated heterocycles. The maximum absolute atomic E-state index is 4.10. The molecule has 0 amide bonds. The molecule has 0 spiro atoms. The summed E-state index contributed by atoms with van der Waals surface area (Å²) in [5, 5.41) is 10.2. The number of aromatic nitrogens is 3. The van der Waals surface area contributed by atoms with Crippen LogP contribution in [0.3, 0.4) is 0 Å². The van der Waals surface area contributed by atoms with E-state index in [1.54, 1.807) is 6.33 Å². The number of nitrogens with one attached hydrogen (secondary N) is 2. The van der Waals surface area contributed by atoms with E-state index < -0.39 is 0 Å². The van der Waals surface area contributed by atoms with Crippen LogP contribution in [-0.4, -0.2) is 45.3 Å². The lowest BCUT2D eigenvalue weighted by Gasteiger charge is -2.34. The van der Waals surface area contributed by atoms with Crippen LogP contribution in [-0.2, 0) is 6.54 Å². The van der Waals surface area contributed by atoms with Gasteiger partial charge in [0.1, 0.15) is 12.2 Å². The highest BCUT2D eigenvalue weighted by Gasteiger charge is 2.20. The first kappa shape index (κ1) is 11.5. The van der Waals surface area contributed by atoms with Crippen molar-refractivity contribution in [1.82, 2.24) is 25.4 Å². The first-order chi connectivity index (χ1) is 7.75. The fourth-order valence-electron chi connectivity index (χ4n) is 2.18. The second-order valence-corrected chi connectivity index (χ2v) is 4.72. The van der Waals surface area contributed by atoms with Crippen LogP contribution in [0.4, 0.5) is 0 Å². The minimum absolute atomic E-state index is 0.625. The summed E-state index contributed by atoms with van der Waals surface area (Å²) in [5.41, 5.74) is 0. The molecule has 16 heavy (non-hydrogen) atoms. The third-order valence-corrected chi connectivity index (χ3v) is 3.28. The lowest BCUT2D eigenvalue weighted by Crippen LogP contribution is -2.44. The van der Waals surface area contributed by atoms with Crippen molar-refractivity contribution in [3.8, 4) is 0 Å². The molecule has 5 nitrogen and oxygen atoms in total. The Bertz CT molecular complexity index is 287. The van der Waals surface area contributed by atoms with E-state index in [2.05, 4.69) is 39.2 Å². The third-order valence-electron chi connectivity index (χ3n) is 3.28. The molecule has 0 saturated carbocycles. The molecule has 1 aliphatic rings. The van der Waals surface area contributed by atoms with Gasteiger partial charge in [-0.3, -0.25) is 5.10 Å². The first-order valence-corrected chi connectivity index (χ1v) is 6.07. The Labute approximate surface area is 96.6 Å². The molecule has 90 valence electrons. The molecular formula is C11H21N5. The predicted molar refractivity (Wildman–Crippen MR) is 63.0 cm³/mol. The number of hydrogen-bond acceptors (Lipinski definition) is 4. The summed E-state index contributed by atoms with van der Waals surface area (Å²) in [6, 6.07) is 1.30. The highest BCUT2D eigenvalue weighted by atomic mass is 15.2. The van der Waals surface area contributed by atoms with Gasteiger partial charge < -0.3 is 10.2 Å². The molecule has 0 radical (unpaired) electrons. The van der Waals surface area contributed by atoms with Gasteiger partial charge in [0.15, 0.2) is 0 Å². The molecule has 0 aromatic carbocycles. The summed E-state index contributed by atoms with van der Waals surface area (Å²) < 4.78 is 0. The quantitative estimate of drug-likeness (QED) is 0.791. The maximum atomic E-state index is 4.10. The minimum Gasteiger partial charge on any atom is -0.307 e. The largest absolute Gasteiger partial charge is 0.307 e. The van der Waals surface area contributed by atoms with Crippen molar-refractivity contribution in [2.45, 2.75) is 45.3 Å². The van der Waals surface area contributed by atoms with Crippen molar-refractivity contribution in [2.75, 3.05) is 13.1 Å². The van der Waals surface area contributed by atoms with E-state index in [4.69, 9.17) is 0 Å². The van der Waals surface area contributed by atoms with Crippen molar-refractivity contribution in [2.24, 2.45) is 0 Å². The molecule has 2 rings (SSSR count). The molecule has 0 bridgehead atoms. The zero-order valence-electron chi connectivity index (χ0n) is 10.1. The Balaban J connectivity index is 1.69. The van der Waals surface area contributed by atoms with Gasteiger partial charge in [-0.15, -0.1) is 0 Å². The SMILES string of the molecule is CC(C)N1CCC(NCc2ncn[nH]2)CC1. The smallest absolute Gasteiger partial charge is 0.138 e. The van der Waals surface area contributed by atoms with Crippen molar-refractivity contribution < 1.29 is 0 Å². The van der Waals surface area contributed by atoms with Gasteiger partial charge in [-0.1, -0.05) is 0 Å². The summed E-state index contributed by atoms with van der Waals surface area (Å²) in [4.78, 5) is 6.64. The van der Waals surface area contributed by atoms with E-state index in [9.17, 15) is 0 Å². The Hall–Kier alpha value is -0.940. The summed E-state index contributed by atoms with van der Waals surface area (Å²) in [5.74, 6) is 0.922. The van der Waals surface area contributed by atoms with Gasteiger partial charge in [0, 0.05) is 12.1 Å². The number of hydrogen-bond donors (Lipinski definition) is 2. The van der Waals surface area contributed by atoms with Gasteiger partial charge >= 0.3 is 0 Å². The molecule has 0 atom stereocenters. The minimum atomic E-state index is 0.625. The second-order valence-electron chi connectivity index (χ2n) is 4.72. The highest BCUT2D eigenvalue weighted by molar-refractivity contribution is 4.83.